The van der Waals surface area contributed by atoms with Crippen molar-refractivity contribution in [3.63, 3.8) is 0 Å². The number of aliphatic imine (C=N–C) groups is 1. The van der Waals surface area contributed by atoms with Crippen LogP contribution in [-0.2, 0) is 6.42 Å². The summed E-state index contributed by atoms with van der Waals surface area (Å²) in [6.45, 7) is 1.98. The zero-order chi connectivity index (χ0) is 17.5. The maximum absolute atomic E-state index is 6.06. The molecule has 2 heteroatoms. The smallest absolute Gasteiger partial charge is 0.130 e. The molecule has 124 valence electrons. The lowest BCUT2D eigenvalue weighted by molar-refractivity contribution is 1.18. The monoisotopic (exact) mass is 326 g/mol. The van der Waals surface area contributed by atoms with E-state index in [-0.39, 0.29) is 0 Å². The van der Waals surface area contributed by atoms with Crippen molar-refractivity contribution in [1.29, 1.82) is 0 Å². The minimum absolute atomic E-state index is 0.550. The van der Waals surface area contributed by atoms with Crippen LogP contribution in [0.4, 0.5) is 0 Å². The Hall–Kier alpha value is -3.13. The number of amidine groups is 1. The Balaban J connectivity index is 1.67. The predicted molar refractivity (Wildman–Crippen MR) is 107 cm³/mol. The fourth-order valence-electron chi connectivity index (χ4n) is 2.64. The normalized spacial score (nSPS) is 12.2. The third-order valence-corrected chi connectivity index (χ3v) is 4.06. The van der Waals surface area contributed by atoms with Crippen molar-refractivity contribution in [3.05, 3.63) is 108 Å². The molecule has 0 aliphatic heterocycles. The minimum atomic E-state index is 0.550. The van der Waals surface area contributed by atoms with Crippen LogP contribution in [0, 0.1) is 0 Å². The number of nitrogens with two attached hydrogens (primary N) is 1. The molecule has 0 saturated heterocycles. The van der Waals surface area contributed by atoms with E-state index in [9.17, 15) is 0 Å². The third-order valence-electron chi connectivity index (χ3n) is 4.06. The lowest BCUT2D eigenvalue weighted by atomic mass is 10.0. The average Bonchev–Trinajstić information content (AvgIpc) is 2.68. The van der Waals surface area contributed by atoms with Gasteiger partial charge in [-0.05, 0) is 30.0 Å². The molecular formula is C23H22N2. The molecule has 0 spiro atoms. The second-order valence-electron chi connectivity index (χ2n) is 5.98. The number of nitrogens with zero attached hydrogens (tertiary/aromatic N) is 1. The molecule has 2 N–H and O–H groups in total. The third kappa shape index (κ3) is 4.67. The summed E-state index contributed by atoms with van der Waals surface area (Å²) in [6.07, 6.45) is 2.94. The van der Waals surface area contributed by atoms with E-state index in [2.05, 4.69) is 59.6 Å². The van der Waals surface area contributed by atoms with Gasteiger partial charge in [-0.1, -0.05) is 91.0 Å². The van der Waals surface area contributed by atoms with Crippen molar-refractivity contribution in [2.24, 2.45) is 10.7 Å². The van der Waals surface area contributed by atoms with Gasteiger partial charge in [-0.15, -0.1) is 0 Å². The fourth-order valence-corrected chi connectivity index (χ4v) is 2.64. The number of allylic oxidation sites excluding steroid dienone is 2. The second-order valence-corrected chi connectivity index (χ2v) is 5.98. The van der Waals surface area contributed by atoms with Crippen LogP contribution in [0.25, 0.3) is 11.1 Å². The molecule has 3 aromatic rings. The zero-order valence-corrected chi connectivity index (χ0v) is 14.4. The highest BCUT2D eigenvalue weighted by Crippen LogP contribution is 2.19. The van der Waals surface area contributed by atoms with E-state index >= 15 is 0 Å². The van der Waals surface area contributed by atoms with Gasteiger partial charge in [0.1, 0.15) is 5.84 Å². The number of benzene rings is 3. The Bertz CT molecular complexity index is 861. The first-order valence-electron chi connectivity index (χ1n) is 8.43. The van der Waals surface area contributed by atoms with Gasteiger partial charge in [0.25, 0.3) is 0 Å². The number of hydrogen-bond acceptors (Lipinski definition) is 1. The molecule has 0 heterocycles. The maximum atomic E-state index is 6.06. The lowest BCUT2D eigenvalue weighted by Gasteiger charge is -2.04. The molecule has 0 unspecified atom stereocenters. The van der Waals surface area contributed by atoms with Crippen LogP contribution in [0.15, 0.2) is 102 Å². The van der Waals surface area contributed by atoms with Crippen LogP contribution >= 0.6 is 0 Å². The van der Waals surface area contributed by atoms with Crippen LogP contribution in [0.5, 0.6) is 0 Å². The van der Waals surface area contributed by atoms with Gasteiger partial charge in [0.2, 0.25) is 0 Å². The molecule has 0 fully saturated rings. The van der Waals surface area contributed by atoms with Crippen molar-refractivity contribution in [3.8, 4) is 11.1 Å². The first-order valence-corrected chi connectivity index (χ1v) is 8.43. The molecule has 0 radical (unpaired) electrons. The van der Waals surface area contributed by atoms with Crippen LogP contribution < -0.4 is 5.73 Å². The standard InChI is InChI=1S/C23H22N2/c1-18(25-23(24)22-10-6-3-7-11-22)12-13-19-14-16-21(17-15-19)20-8-4-2-5-9-20/h2-12,14-17H,13H2,1H3,(H2,24,25)/b18-12-. The Morgan fingerprint density at radius 1 is 0.800 bits per heavy atom. The SMILES string of the molecule is C/C(=C/Cc1ccc(-c2ccccc2)cc1)N=C(N)c1ccccc1. The zero-order valence-electron chi connectivity index (χ0n) is 14.4. The van der Waals surface area contributed by atoms with Gasteiger partial charge in [-0.2, -0.15) is 0 Å². The lowest BCUT2D eigenvalue weighted by Crippen LogP contribution is -2.13. The summed E-state index contributed by atoms with van der Waals surface area (Å²) in [4.78, 5) is 4.48. The first kappa shape index (κ1) is 16.7. The van der Waals surface area contributed by atoms with E-state index < -0.39 is 0 Å². The van der Waals surface area contributed by atoms with Gasteiger partial charge in [-0.3, -0.25) is 0 Å². The highest BCUT2D eigenvalue weighted by Gasteiger charge is 1.99. The highest BCUT2D eigenvalue weighted by molar-refractivity contribution is 5.97. The maximum Gasteiger partial charge on any atom is 0.130 e. The number of rotatable bonds is 5. The predicted octanol–water partition coefficient (Wildman–Crippen LogP) is 5.21. The van der Waals surface area contributed by atoms with Crippen molar-refractivity contribution in [1.82, 2.24) is 0 Å². The first-order chi connectivity index (χ1) is 12.2. The summed E-state index contributed by atoms with van der Waals surface area (Å²) in [6, 6.07) is 28.9. The summed E-state index contributed by atoms with van der Waals surface area (Å²) in [7, 11) is 0. The second kappa shape index (κ2) is 8.11. The molecule has 0 aliphatic carbocycles. The van der Waals surface area contributed by atoms with Crippen LogP contribution in [-0.4, -0.2) is 5.84 Å². The minimum Gasteiger partial charge on any atom is -0.383 e. The Morgan fingerprint density at radius 3 is 2.00 bits per heavy atom. The largest absolute Gasteiger partial charge is 0.383 e. The number of hydrogen-bond donors (Lipinski definition) is 1. The van der Waals surface area contributed by atoms with Gasteiger partial charge in [-0.25, -0.2) is 4.99 Å². The summed E-state index contributed by atoms with van der Waals surface area (Å²) in [5.41, 5.74) is 11.7. The molecule has 0 amide bonds. The van der Waals surface area contributed by atoms with Gasteiger partial charge < -0.3 is 5.73 Å². The van der Waals surface area contributed by atoms with Crippen LogP contribution in [0.1, 0.15) is 18.1 Å². The van der Waals surface area contributed by atoms with Gasteiger partial charge in [0.15, 0.2) is 0 Å². The van der Waals surface area contributed by atoms with Gasteiger partial charge in [0, 0.05) is 11.3 Å². The van der Waals surface area contributed by atoms with E-state index in [0.29, 0.717) is 5.84 Å². The molecule has 0 atom stereocenters. The molecular weight excluding hydrogens is 304 g/mol. The van der Waals surface area contributed by atoms with Crippen molar-refractivity contribution >= 4 is 5.84 Å². The average molecular weight is 326 g/mol. The highest BCUT2D eigenvalue weighted by atomic mass is 14.9. The Morgan fingerprint density at radius 2 is 1.36 bits per heavy atom. The Labute approximate surface area is 149 Å². The fraction of sp³-hybridized carbons (Fsp3) is 0.0870. The topological polar surface area (TPSA) is 38.4 Å². The van der Waals surface area contributed by atoms with E-state index in [4.69, 9.17) is 5.73 Å². The van der Waals surface area contributed by atoms with E-state index in [1.165, 1.54) is 16.7 Å². The van der Waals surface area contributed by atoms with Crippen LogP contribution in [0.2, 0.25) is 0 Å². The summed E-state index contributed by atoms with van der Waals surface area (Å²) >= 11 is 0. The van der Waals surface area contributed by atoms with E-state index in [1.807, 2.05) is 43.3 Å². The molecule has 0 aromatic heterocycles. The molecule has 3 rings (SSSR count). The molecule has 0 saturated carbocycles. The quantitative estimate of drug-likeness (QED) is 0.507. The van der Waals surface area contributed by atoms with Gasteiger partial charge >= 0.3 is 0 Å². The Kier molecular flexibility index (Phi) is 5.43. The van der Waals surface area contributed by atoms with Crippen molar-refractivity contribution in [2.45, 2.75) is 13.3 Å². The molecule has 25 heavy (non-hydrogen) atoms. The molecule has 0 aliphatic rings. The molecule has 3 aromatic carbocycles. The molecule has 0 bridgehead atoms. The molecule has 2 nitrogen and oxygen atoms in total. The summed E-state index contributed by atoms with van der Waals surface area (Å²) in [5.74, 6) is 0.550. The van der Waals surface area contributed by atoms with E-state index in [1.54, 1.807) is 0 Å². The van der Waals surface area contributed by atoms with Crippen molar-refractivity contribution in [2.75, 3.05) is 0 Å². The van der Waals surface area contributed by atoms with Crippen LogP contribution in [0.3, 0.4) is 0 Å². The summed E-state index contributed by atoms with van der Waals surface area (Å²) < 4.78 is 0. The summed E-state index contributed by atoms with van der Waals surface area (Å²) in [5, 5.41) is 0. The van der Waals surface area contributed by atoms with Gasteiger partial charge in [0.05, 0.1) is 0 Å². The van der Waals surface area contributed by atoms with E-state index in [0.717, 1.165) is 17.7 Å². The van der Waals surface area contributed by atoms with Crippen molar-refractivity contribution < 1.29 is 0 Å².